The number of carbonyl (C=O) groups excluding carboxylic acids is 1. The summed E-state index contributed by atoms with van der Waals surface area (Å²) in [5.41, 5.74) is 4.30. The van der Waals surface area contributed by atoms with Crippen molar-refractivity contribution in [3.8, 4) is 0 Å². The zero-order valence-electron chi connectivity index (χ0n) is 19.4. The Hall–Kier alpha value is -3.65. The van der Waals surface area contributed by atoms with Crippen LogP contribution in [0.3, 0.4) is 0 Å². The van der Waals surface area contributed by atoms with E-state index in [1.54, 1.807) is 30.6 Å². The van der Waals surface area contributed by atoms with E-state index < -0.39 is 5.82 Å². The van der Waals surface area contributed by atoms with Crippen LogP contribution in [-0.4, -0.2) is 36.6 Å². The van der Waals surface area contributed by atoms with Gasteiger partial charge in [0.2, 0.25) is 0 Å². The highest BCUT2D eigenvalue weighted by Gasteiger charge is 2.28. The molecule has 4 aromatic rings. The molecule has 1 saturated carbocycles. The monoisotopic (exact) mass is 492 g/mol. The Morgan fingerprint density at radius 3 is 2.97 bits per heavy atom. The van der Waals surface area contributed by atoms with E-state index in [1.807, 2.05) is 24.0 Å². The molecule has 0 saturated heterocycles. The van der Waals surface area contributed by atoms with Gasteiger partial charge in [-0.05, 0) is 44.0 Å². The number of hydrogen-bond acceptors (Lipinski definition) is 4. The number of halogens is 2. The summed E-state index contributed by atoms with van der Waals surface area (Å²) in [6, 6.07) is 6.98. The quantitative estimate of drug-likeness (QED) is 0.343. The molecule has 3 aromatic heterocycles. The van der Waals surface area contributed by atoms with E-state index in [0.717, 1.165) is 17.8 Å². The molecule has 3 heterocycles. The highest BCUT2D eigenvalue weighted by molar-refractivity contribution is 6.35. The Balaban J connectivity index is 1.22. The summed E-state index contributed by atoms with van der Waals surface area (Å²) in [5.74, 6) is -0.718. The molecule has 2 N–H and O–H groups in total. The smallest absolute Gasteiger partial charge is 0.251 e. The van der Waals surface area contributed by atoms with Gasteiger partial charge >= 0.3 is 0 Å². The fourth-order valence-corrected chi connectivity index (χ4v) is 4.38. The van der Waals surface area contributed by atoms with Gasteiger partial charge in [-0.1, -0.05) is 18.2 Å². The molecule has 1 amide bonds. The summed E-state index contributed by atoms with van der Waals surface area (Å²) in [4.78, 5) is 22.4. The first-order valence-electron chi connectivity index (χ1n) is 11.5. The summed E-state index contributed by atoms with van der Waals surface area (Å²) in [6.07, 6.45) is 9.48. The molecule has 0 aliphatic heterocycles. The molecule has 7 nitrogen and oxygen atoms in total. The molecule has 0 bridgehead atoms. The van der Waals surface area contributed by atoms with Crippen molar-refractivity contribution in [1.82, 2.24) is 30.0 Å². The van der Waals surface area contributed by atoms with Crippen molar-refractivity contribution in [2.24, 2.45) is 0 Å². The number of benzene rings is 1. The normalized spacial score (nSPS) is 13.2. The molecule has 1 aliphatic rings. The first-order valence-corrected chi connectivity index (χ1v) is 11.9. The van der Waals surface area contributed by atoms with Crippen LogP contribution >= 0.6 is 11.6 Å². The highest BCUT2D eigenvalue weighted by Crippen LogP contribution is 2.31. The molecule has 1 aromatic carbocycles. The number of pyridine rings is 1. The zero-order valence-corrected chi connectivity index (χ0v) is 20.1. The van der Waals surface area contributed by atoms with E-state index >= 15 is 0 Å². The largest absolute Gasteiger partial charge is 0.368 e. The number of carbonyl (C=O) groups is 1. The molecule has 1 fully saturated rings. The number of allylic oxidation sites excluding steroid dienone is 1. The number of hydrogen-bond donors (Lipinski definition) is 2. The van der Waals surface area contributed by atoms with E-state index in [9.17, 15) is 9.18 Å². The van der Waals surface area contributed by atoms with E-state index in [-0.39, 0.29) is 12.5 Å². The van der Waals surface area contributed by atoms with Gasteiger partial charge in [-0.2, -0.15) is 5.10 Å². The SMILES string of the molecule is C=C(C)N(Cc1cnn(Cc2cc(C(=O)NCc3cc4c(Cl)c[nH]c4cc3F)ccn2)c1)C1CC1. The van der Waals surface area contributed by atoms with Crippen molar-refractivity contribution in [1.29, 1.82) is 0 Å². The van der Waals surface area contributed by atoms with Crippen LogP contribution in [0.15, 0.2) is 61.3 Å². The molecule has 0 unspecified atom stereocenters. The minimum absolute atomic E-state index is 0.0441. The number of nitrogens with one attached hydrogen (secondary N) is 2. The van der Waals surface area contributed by atoms with Gasteiger partial charge in [0.05, 0.1) is 23.5 Å². The standard InChI is InChI=1S/C26H26ClFN6O/c1-16(2)34(21-3-4-21)14-17-10-32-33(13-17)15-20-7-18(5-6-29-20)26(35)31-11-19-8-22-23(27)12-30-25(22)9-24(19)28/h5-10,12-13,21,30H,1,3-4,11,14-15H2,2H3,(H,31,35). The van der Waals surface area contributed by atoms with Crippen molar-refractivity contribution in [3.63, 3.8) is 0 Å². The molecule has 9 heteroatoms. The maximum atomic E-state index is 14.4. The summed E-state index contributed by atoms with van der Waals surface area (Å²) in [6.45, 7) is 7.39. The predicted octanol–water partition coefficient (Wildman–Crippen LogP) is 5.03. The van der Waals surface area contributed by atoms with Gasteiger partial charge in [-0.25, -0.2) is 4.39 Å². The molecule has 1 aliphatic carbocycles. The lowest BCUT2D eigenvalue weighted by Crippen LogP contribution is -2.23. The lowest BCUT2D eigenvalue weighted by molar-refractivity contribution is 0.0950. The summed E-state index contributed by atoms with van der Waals surface area (Å²) in [7, 11) is 0. The third kappa shape index (κ3) is 5.22. The Morgan fingerprint density at radius 1 is 1.37 bits per heavy atom. The summed E-state index contributed by atoms with van der Waals surface area (Å²) < 4.78 is 16.2. The van der Waals surface area contributed by atoms with E-state index in [4.69, 9.17) is 11.6 Å². The van der Waals surface area contributed by atoms with Crippen LogP contribution < -0.4 is 5.32 Å². The van der Waals surface area contributed by atoms with E-state index in [0.29, 0.717) is 45.3 Å². The Morgan fingerprint density at radius 2 is 2.20 bits per heavy atom. The van der Waals surface area contributed by atoms with Gasteiger partial charge in [0.25, 0.3) is 5.91 Å². The third-order valence-corrected chi connectivity index (χ3v) is 6.47. The average Bonchev–Trinajstić information content (AvgIpc) is 3.49. The average molecular weight is 493 g/mol. The van der Waals surface area contributed by atoms with Gasteiger partial charge in [0, 0.05) is 71.0 Å². The fraction of sp³-hybridized carbons (Fsp3) is 0.269. The van der Waals surface area contributed by atoms with Crippen LogP contribution in [0.4, 0.5) is 4.39 Å². The predicted molar refractivity (Wildman–Crippen MR) is 133 cm³/mol. The first kappa shape index (κ1) is 23.1. The van der Waals surface area contributed by atoms with Crippen LogP contribution in [-0.2, 0) is 19.6 Å². The van der Waals surface area contributed by atoms with Crippen LogP contribution in [0.5, 0.6) is 0 Å². The second-order valence-corrected chi connectivity index (χ2v) is 9.39. The van der Waals surface area contributed by atoms with Gasteiger partial charge in [0.15, 0.2) is 0 Å². The van der Waals surface area contributed by atoms with Gasteiger partial charge in [-0.3, -0.25) is 14.5 Å². The van der Waals surface area contributed by atoms with Crippen LogP contribution in [0.25, 0.3) is 10.9 Å². The van der Waals surface area contributed by atoms with Crippen LogP contribution in [0, 0.1) is 5.82 Å². The van der Waals surface area contributed by atoms with Gasteiger partial charge in [0.1, 0.15) is 5.82 Å². The number of fused-ring (bicyclic) bond motifs is 1. The lowest BCUT2D eigenvalue weighted by atomic mass is 10.1. The number of rotatable bonds is 9. The van der Waals surface area contributed by atoms with Gasteiger partial charge < -0.3 is 15.2 Å². The van der Waals surface area contributed by atoms with E-state index in [2.05, 4.69) is 31.9 Å². The Kier molecular flexibility index (Phi) is 6.30. The summed E-state index contributed by atoms with van der Waals surface area (Å²) >= 11 is 6.13. The summed E-state index contributed by atoms with van der Waals surface area (Å²) in [5, 5.41) is 8.46. The molecule has 0 atom stereocenters. The zero-order chi connectivity index (χ0) is 24.5. The molecule has 5 rings (SSSR count). The van der Waals surface area contributed by atoms with Crippen molar-refractivity contribution in [2.45, 2.75) is 45.4 Å². The third-order valence-electron chi connectivity index (χ3n) is 6.16. The second-order valence-electron chi connectivity index (χ2n) is 8.98. The Labute approximate surface area is 207 Å². The molecule has 35 heavy (non-hydrogen) atoms. The number of H-pyrrole nitrogens is 1. The lowest BCUT2D eigenvalue weighted by Gasteiger charge is -2.23. The van der Waals surface area contributed by atoms with Crippen molar-refractivity contribution in [3.05, 3.63) is 94.6 Å². The maximum Gasteiger partial charge on any atom is 0.251 e. The molecular weight excluding hydrogens is 467 g/mol. The van der Waals surface area contributed by atoms with Crippen molar-refractivity contribution in [2.75, 3.05) is 0 Å². The molecule has 180 valence electrons. The Bertz CT molecular complexity index is 1410. The molecule has 0 spiro atoms. The topological polar surface area (TPSA) is 78.8 Å². The number of nitrogens with zero attached hydrogens (tertiary/aromatic N) is 4. The van der Waals surface area contributed by atoms with Crippen LogP contribution in [0.1, 0.15) is 46.9 Å². The number of amides is 1. The van der Waals surface area contributed by atoms with Gasteiger partial charge in [-0.15, -0.1) is 0 Å². The first-order chi connectivity index (χ1) is 16.9. The van der Waals surface area contributed by atoms with Crippen molar-refractivity contribution < 1.29 is 9.18 Å². The van der Waals surface area contributed by atoms with Crippen LogP contribution in [0.2, 0.25) is 5.02 Å². The fourth-order valence-electron chi connectivity index (χ4n) is 4.17. The number of aromatic amines is 1. The van der Waals surface area contributed by atoms with E-state index in [1.165, 1.54) is 18.9 Å². The number of aromatic nitrogens is 4. The minimum Gasteiger partial charge on any atom is -0.368 e. The highest BCUT2D eigenvalue weighted by atomic mass is 35.5. The van der Waals surface area contributed by atoms with Crippen molar-refractivity contribution >= 4 is 28.4 Å². The molecular formula is C26H26ClFN6O. The molecule has 0 radical (unpaired) electrons. The maximum absolute atomic E-state index is 14.4. The second kappa shape index (κ2) is 9.54. The minimum atomic E-state index is -0.409.